The molecule has 1 saturated heterocycles. The smallest absolute Gasteiger partial charge is 0.490 e. The Bertz CT molecular complexity index is 993. The van der Waals surface area contributed by atoms with Gasteiger partial charge in [0.1, 0.15) is 12.4 Å². The molecule has 242 valence electrons. The Morgan fingerprint density at radius 3 is 2.19 bits per heavy atom. The van der Waals surface area contributed by atoms with E-state index in [9.17, 15) is 26.4 Å². The molecule has 42 heavy (non-hydrogen) atoms. The van der Waals surface area contributed by atoms with Crippen molar-refractivity contribution in [2.75, 3.05) is 52.9 Å². The number of nitrogens with one attached hydrogen (secondary N) is 1. The van der Waals surface area contributed by atoms with Crippen molar-refractivity contribution in [3.05, 3.63) is 29.3 Å². The number of halogens is 3. The highest BCUT2D eigenvalue weighted by Crippen LogP contribution is 2.26. The van der Waals surface area contributed by atoms with Crippen molar-refractivity contribution < 1.29 is 50.1 Å². The predicted molar refractivity (Wildman–Crippen MR) is 152 cm³/mol. The molecule has 1 fully saturated rings. The second kappa shape index (κ2) is 20.1. The van der Waals surface area contributed by atoms with Crippen LogP contribution in [0.15, 0.2) is 18.2 Å². The third kappa shape index (κ3) is 14.5. The standard InChI is InChI=1S/C29H46F3NO8S/c1-2-3-4-5-6-7-8-9-11-24-12-13-27(26(22-24)28(34)33-42(35,36)29(30,31)32)41-23-25-14-17-39-19-18-37-15-10-16-38-20-21-40-25/h12-13,22,25H,2-11,14-21,23H2,1H3,(H,33,34). The molecule has 0 spiro atoms. The average molecular weight is 626 g/mol. The van der Waals surface area contributed by atoms with Gasteiger partial charge in [0.25, 0.3) is 5.91 Å². The first-order valence-electron chi connectivity index (χ1n) is 14.9. The highest BCUT2D eigenvalue weighted by molar-refractivity contribution is 7.90. The molecule has 9 nitrogen and oxygen atoms in total. The predicted octanol–water partition coefficient (Wildman–Crippen LogP) is 5.56. The SMILES string of the molecule is CCCCCCCCCCc1ccc(OCC2CCOCCOCCCOCCO2)c(C(=O)NS(=O)(=O)C(F)(F)F)c1. The van der Waals surface area contributed by atoms with Crippen molar-refractivity contribution >= 4 is 15.9 Å². The lowest BCUT2D eigenvalue weighted by molar-refractivity contribution is -0.0446. The third-order valence-corrected chi connectivity index (χ3v) is 7.74. The molecule has 1 atom stereocenters. The van der Waals surface area contributed by atoms with E-state index in [1.165, 1.54) is 37.8 Å². The van der Waals surface area contributed by atoms with Crippen molar-refractivity contribution in [2.45, 2.75) is 89.2 Å². The fourth-order valence-corrected chi connectivity index (χ4v) is 4.78. The van der Waals surface area contributed by atoms with Gasteiger partial charge in [-0.15, -0.1) is 0 Å². The van der Waals surface area contributed by atoms with Gasteiger partial charge in [-0.25, -0.2) is 4.72 Å². The molecule has 0 aromatic heterocycles. The number of benzene rings is 1. The van der Waals surface area contributed by atoms with Crippen LogP contribution in [-0.2, 0) is 35.4 Å². The molecule has 1 aliphatic rings. The zero-order valence-corrected chi connectivity index (χ0v) is 25.4. The molecule has 1 aromatic carbocycles. The van der Waals surface area contributed by atoms with Crippen LogP contribution in [0.4, 0.5) is 13.2 Å². The number of hydrogen-bond donors (Lipinski definition) is 1. The first-order chi connectivity index (χ1) is 20.1. The van der Waals surface area contributed by atoms with E-state index >= 15 is 0 Å². The van der Waals surface area contributed by atoms with Crippen molar-refractivity contribution in [1.29, 1.82) is 0 Å². The minimum absolute atomic E-state index is 0.0382. The number of sulfonamides is 1. The molecule has 1 unspecified atom stereocenters. The van der Waals surface area contributed by atoms with Gasteiger partial charge >= 0.3 is 15.5 Å². The van der Waals surface area contributed by atoms with Crippen molar-refractivity contribution in [2.24, 2.45) is 0 Å². The van der Waals surface area contributed by atoms with Crippen LogP contribution in [0.25, 0.3) is 0 Å². The third-order valence-electron chi connectivity index (χ3n) is 6.68. The van der Waals surface area contributed by atoms with Crippen LogP contribution in [0, 0.1) is 0 Å². The Hall–Kier alpha value is -1.93. The lowest BCUT2D eigenvalue weighted by Crippen LogP contribution is -2.40. The van der Waals surface area contributed by atoms with E-state index in [1.54, 1.807) is 6.07 Å². The maximum Gasteiger partial charge on any atom is 0.516 e. The molecule has 0 bridgehead atoms. The van der Waals surface area contributed by atoms with Crippen LogP contribution < -0.4 is 9.46 Å². The second-order valence-corrected chi connectivity index (χ2v) is 11.9. The van der Waals surface area contributed by atoms with Gasteiger partial charge in [0.2, 0.25) is 0 Å². The monoisotopic (exact) mass is 625 g/mol. The summed E-state index contributed by atoms with van der Waals surface area (Å²) >= 11 is 0. The molecular formula is C29H46F3NO8S. The number of alkyl halides is 3. The minimum Gasteiger partial charge on any atom is -0.490 e. The first-order valence-corrected chi connectivity index (χ1v) is 16.4. The van der Waals surface area contributed by atoms with Crippen LogP contribution in [0.2, 0.25) is 0 Å². The summed E-state index contributed by atoms with van der Waals surface area (Å²) < 4.78 is 91.6. The van der Waals surface area contributed by atoms with Gasteiger partial charge in [0.15, 0.2) is 0 Å². The number of ether oxygens (including phenoxy) is 5. The van der Waals surface area contributed by atoms with Crippen LogP contribution in [0.3, 0.4) is 0 Å². The molecule has 0 saturated carbocycles. The van der Waals surface area contributed by atoms with E-state index in [0.717, 1.165) is 36.8 Å². The lowest BCUT2D eigenvalue weighted by Gasteiger charge is -2.21. The number of aryl methyl sites for hydroxylation is 1. The summed E-state index contributed by atoms with van der Waals surface area (Å²) in [5.41, 5.74) is -5.23. The minimum atomic E-state index is -5.89. The second-order valence-electron chi connectivity index (χ2n) is 10.2. The van der Waals surface area contributed by atoms with Gasteiger partial charge in [-0.3, -0.25) is 4.79 Å². The summed E-state index contributed by atoms with van der Waals surface area (Å²) in [5.74, 6) is -1.46. The topological polar surface area (TPSA) is 109 Å². The number of hydrogen-bond acceptors (Lipinski definition) is 8. The van der Waals surface area contributed by atoms with E-state index in [-0.39, 0.29) is 24.5 Å². The number of amides is 1. The lowest BCUT2D eigenvalue weighted by atomic mass is 10.0. The van der Waals surface area contributed by atoms with Crippen LogP contribution >= 0.6 is 0 Å². The van der Waals surface area contributed by atoms with E-state index in [2.05, 4.69) is 6.92 Å². The quantitative estimate of drug-likeness (QED) is 0.268. The molecule has 13 heteroatoms. The molecule has 1 amide bonds. The van der Waals surface area contributed by atoms with Gasteiger partial charge in [0, 0.05) is 26.2 Å². The molecule has 0 radical (unpaired) electrons. The van der Waals surface area contributed by atoms with Crippen molar-refractivity contribution in [3.63, 3.8) is 0 Å². The fraction of sp³-hybridized carbons (Fsp3) is 0.759. The molecule has 0 aliphatic carbocycles. The fourth-order valence-electron chi connectivity index (χ4n) is 4.31. The zero-order chi connectivity index (χ0) is 30.7. The van der Waals surface area contributed by atoms with Crippen molar-refractivity contribution in [3.8, 4) is 5.75 Å². The van der Waals surface area contributed by atoms with Crippen LogP contribution in [0.5, 0.6) is 5.75 Å². The van der Waals surface area contributed by atoms with Gasteiger partial charge in [-0.05, 0) is 37.0 Å². The number of carbonyl (C=O) groups is 1. The van der Waals surface area contributed by atoms with E-state index in [4.69, 9.17) is 23.7 Å². The maximum absolute atomic E-state index is 13.0. The molecular weight excluding hydrogens is 579 g/mol. The Kier molecular flexibility index (Phi) is 17.4. The van der Waals surface area contributed by atoms with Crippen molar-refractivity contribution in [1.82, 2.24) is 4.72 Å². The Balaban J connectivity index is 2.07. The van der Waals surface area contributed by atoms with Crippen LogP contribution in [0.1, 0.15) is 87.1 Å². The first kappa shape index (κ1) is 36.3. The molecule has 1 heterocycles. The van der Waals surface area contributed by atoms with Gasteiger partial charge < -0.3 is 23.7 Å². The molecule has 1 N–H and O–H groups in total. The largest absolute Gasteiger partial charge is 0.516 e. The molecule has 1 aromatic rings. The Labute approximate surface area is 247 Å². The average Bonchev–Trinajstić information content (AvgIpc) is 2.94. The Morgan fingerprint density at radius 1 is 0.905 bits per heavy atom. The normalized spacial score (nSPS) is 18.2. The molecule has 1 aliphatic heterocycles. The van der Waals surface area contributed by atoms with Gasteiger partial charge in [-0.2, -0.15) is 21.6 Å². The van der Waals surface area contributed by atoms with E-state index in [1.807, 2.05) is 0 Å². The summed E-state index contributed by atoms with van der Waals surface area (Å²) in [4.78, 5) is 12.8. The Morgan fingerprint density at radius 2 is 1.52 bits per heavy atom. The van der Waals surface area contributed by atoms with Crippen LogP contribution in [-0.4, -0.2) is 78.8 Å². The summed E-state index contributed by atoms with van der Waals surface area (Å²) in [6.45, 7) is 5.09. The summed E-state index contributed by atoms with van der Waals surface area (Å²) in [6.07, 6.45) is 10.2. The number of unbranched alkanes of at least 4 members (excludes halogenated alkanes) is 7. The summed E-state index contributed by atoms with van der Waals surface area (Å²) in [6, 6.07) is 4.61. The van der Waals surface area contributed by atoms with E-state index < -0.39 is 27.5 Å². The zero-order valence-electron chi connectivity index (χ0n) is 24.6. The highest BCUT2D eigenvalue weighted by atomic mass is 32.2. The number of rotatable bonds is 14. The summed E-state index contributed by atoms with van der Waals surface area (Å²) in [5, 5.41) is 0. The van der Waals surface area contributed by atoms with Gasteiger partial charge in [-0.1, -0.05) is 57.9 Å². The van der Waals surface area contributed by atoms with E-state index in [0.29, 0.717) is 58.0 Å². The summed E-state index contributed by atoms with van der Waals surface area (Å²) in [7, 11) is -5.89. The van der Waals surface area contributed by atoms with Gasteiger partial charge in [0.05, 0.1) is 38.1 Å². The highest BCUT2D eigenvalue weighted by Gasteiger charge is 2.47. The molecule has 2 rings (SSSR count). The number of carbonyl (C=O) groups excluding carboxylic acids is 1. The maximum atomic E-state index is 13.0.